The van der Waals surface area contributed by atoms with Gasteiger partial charge in [0.05, 0.1) is 12.6 Å². The first-order valence-corrected chi connectivity index (χ1v) is 9.70. The minimum Gasteiger partial charge on any atom is -0.325 e. The van der Waals surface area contributed by atoms with E-state index in [9.17, 15) is 0 Å². The van der Waals surface area contributed by atoms with Crippen molar-refractivity contribution in [2.45, 2.75) is 6.42 Å². The first kappa shape index (κ1) is 18.3. The van der Waals surface area contributed by atoms with Gasteiger partial charge >= 0.3 is 0 Å². The summed E-state index contributed by atoms with van der Waals surface area (Å²) in [6.45, 7) is 0. The summed E-state index contributed by atoms with van der Waals surface area (Å²) in [6.07, 6.45) is 6.04. The van der Waals surface area contributed by atoms with Crippen LogP contribution < -0.4 is 5.32 Å². The van der Waals surface area contributed by atoms with Crippen LogP contribution in [0.25, 0.3) is 16.8 Å². The number of hydrogen-bond acceptors (Lipinski definition) is 6. The molecule has 30 heavy (non-hydrogen) atoms. The normalized spacial score (nSPS) is 11.1. The Labute approximate surface area is 177 Å². The van der Waals surface area contributed by atoms with E-state index >= 15 is 0 Å². The summed E-state index contributed by atoms with van der Waals surface area (Å²) in [6, 6.07) is 15.5. The number of pyridine rings is 3. The van der Waals surface area contributed by atoms with Crippen molar-refractivity contribution < 1.29 is 0 Å². The summed E-state index contributed by atoms with van der Waals surface area (Å²) in [5.74, 6) is 2.41. The molecule has 0 radical (unpaired) electrons. The lowest BCUT2D eigenvalue weighted by Crippen LogP contribution is -2.00. The molecule has 0 saturated carbocycles. The molecule has 5 aromatic rings. The van der Waals surface area contributed by atoms with Crippen LogP contribution in [-0.2, 0) is 13.5 Å². The van der Waals surface area contributed by atoms with Gasteiger partial charge < -0.3 is 5.32 Å². The molecule has 0 aliphatic rings. The van der Waals surface area contributed by atoms with Gasteiger partial charge in [0.15, 0.2) is 5.65 Å². The number of aromatic nitrogens is 7. The van der Waals surface area contributed by atoms with Crippen LogP contribution in [-0.4, -0.2) is 34.3 Å². The molecule has 0 spiro atoms. The number of hydrogen-bond donors (Lipinski definition) is 1. The van der Waals surface area contributed by atoms with Crippen molar-refractivity contribution in [2.24, 2.45) is 7.05 Å². The standard InChI is InChI=1S/C21H17ClN8/c1-29-19(6-9-24-29)26-18-11-14(5-8-23-18)15-7-10-30-20(12-15)27-28-21(30)13-16-3-2-4-17(22)25-16/h2-12H,13H2,1H3,(H,23,26). The zero-order chi connectivity index (χ0) is 20.5. The molecule has 0 aliphatic heterocycles. The molecular formula is C21H17ClN8. The van der Waals surface area contributed by atoms with Crippen molar-refractivity contribution in [3.8, 4) is 11.1 Å². The minimum absolute atomic E-state index is 0.469. The molecule has 1 N–H and O–H groups in total. The van der Waals surface area contributed by atoms with Gasteiger partial charge in [-0.3, -0.25) is 9.08 Å². The summed E-state index contributed by atoms with van der Waals surface area (Å²) in [4.78, 5) is 8.73. The average molecular weight is 417 g/mol. The molecule has 0 bridgehead atoms. The Hall–Kier alpha value is -3.78. The Morgan fingerprint density at radius 2 is 1.90 bits per heavy atom. The van der Waals surface area contributed by atoms with Crippen LogP contribution in [0, 0.1) is 0 Å². The van der Waals surface area contributed by atoms with Gasteiger partial charge in [-0.1, -0.05) is 17.7 Å². The number of anilines is 2. The quantitative estimate of drug-likeness (QED) is 0.437. The monoisotopic (exact) mass is 416 g/mol. The Balaban J connectivity index is 1.43. The molecule has 0 aromatic carbocycles. The van der Waals surface area contributed by atoms with Crippen molar-refractivity contribution in [3.05, 3.63) is 83.8 Å². The van der Waals surface area contributed by atoms with Crippen LogP contribution in [0.15, 0.2) is 67.1 Å². The Morgan fingerprint density at radius 1 is 1.00 bits per heavy atom. The molecule has 0 aliphatic carbocycles. The highest BCUT2D eigenvalue weighted by Gasteiger charge is 2.10. The van der Waals surface area contributed by atoms with Gasteiger partial charge in [-0.2, -0.15) is 5.10 Å². The van der Waals surface area contributed by atoms with Crippen LogP contribution in [0.2, 0.25) is 5.15 Å². The van der Waals surface area contributed by atoms with Crippen LogP contribution in [0.4, 0.5) is 11.6 Å². The molecule has 8 nitrogen and oxygen atoms in total. The Bertz CT molecular complexity index is 1340. The van der Waals surface area contributed by atoms with Crippen LogP contribution in [0.1, 0.15) is 11.5 Å². The molecule has 5 heterocycles. The molecule has 148 valence electrons. The number of aryl methyl sites for hydroxylation is 1. The maximum absolute atomic E-state index is 5.99. The van der Waals surface area contributed by atoms with E-state index in [1.54, 1.807) is 23.1 Å². The summed E-state index contributed by atoms with van der Waals surface area (Å²) >= 11 is 5.99. The summed E-state index contributed by atoms with van der Waals surface area (Å²) in [5, 5.41) is 16.6. The number of fused-ring (bicyclic) bond motifs is 1. The van der Waals surface area contributed by atoms with E-state index in [-0.39, 0.29) is 0 Å². The predicted molar refractivity (Wildman–Crippen MR) is 115 cm³/mol. The van der Waals surface area contributed by atoms with Crippen molar-refractivity contribution in [2.75, 3.05) is 5.32 Å². The lowest BCUT2D eigenvalue weighted by molar-refractivity contribution is 0.776. The lowest BCUT2D eigenvalue weighted by Gasteiger charge is -2.08. The van der Waals surface area contributed by atoms with Crippen molar-refractivity contribution >= 4 is 28.9 Å². The van der Waals surface area contributed by atoms with E-state index in [0.29, 0.717) is 11.6 Å². The zero-order valence-electron chi connectivity index (χ0n) is 16.1. The first-order valence-electron chi connectivity index (χ1n) is 9.32. The van der Waals surface area contributed by atoms with Gasteiger partial charge in [0.1, 0.15) is 22.6 Å². The third-order valence-electron chi connectivity index (χ3n) is 4.76. The average Bonchev–Trinajstić information content (AvgIpc) is 3.34. The van der Waals surface area contributed by atoms with E-state index < -0.39 is 0 Å². The highest BCUT2D eigenvalue weighted by molar-refractivity contribution is 6.29. The molecule has 0 atom stereocenters. The Morgan fingerprint density at radius 3 is 2.73 bits per heavy atom. The number of halogens is 1. The molecule has 0 amide bonds. The predicted octanol–water partition coefficient (Wildman–Crippen LogP) is 3.91. The third kappa shape index (κ3) is 3.60. The fourth-order valence-corrected chi connectivity index (χ4v) is 3.44. The number of rotatable bonds is 5. The van der Waals surface area contributed by atoms with Gasteiger partial charge in [-0.05, 0) is 47.5 Å². The van der Waals surface area contributed by atoms with Crippen molar-refractivity contribution in [1.82, 2.24) is 34.3 Å². The first-order chi connectivity index (χ1) is 14.7. The van der Waals surface area contributed by atoms with Crippen molar-refractivity contribution in [1.29, 1.82) is 0 Å². The molecule has 0 fully saturated rings. The van der Waals surface area contributed by atoms with E-state index in [4.69, 9.17) is 11.6 Å². The van der Waals surface area contributed by atoms with Gasteiger partial charge in [-0.15, -0.1) is 10.2 Å². The molecule has 9 heteroatoms. The third-order valence-corrected chi connectivity index (χ3v) is 4.97. The molecular weight excluding hydrogens is 400 g/mol. The second-order valence-electron chi connectivity index (χ2n) is 6.78. The molecule has 0 saturated heterocycles. The SMILES string of the molecule is Cn1nccc1Nc1cc(-c2ccn3c(Cc4cccc(Cl)n4)nnc3c2)ccn1. The van der Waals surface area contributed by atoms with E-state index in [0.717, 1.165) is 39.9 Å². The zero-order valence-corrected chi connectivity index (χ0v) is 16.8. The van der Waals surface area contributed by atoms with Gasteiger partial charge in [0.25, 0.3) is 0 Å². The smallest absolute Gasteiger partial charge is 0.161 e. The van der Waals surface area contributed by atoms with E-state index in [1.165, 1.54) is 0 Å². The second-order valence-corrected chi connectivity index (χ2v) is 7.17. The van der Waals surface area contributed by atoms with E-state index in [1.807, 2.05) is 60.1 Å². The van der Waals surface area contributed by atoms with Crippen molar-refractivity contribution in [3.63, 3.8) is 0 Å². The molecule has 0 unspecified atom stereocenters. The highest BCUT2D eigenvalue weighted by Crippen LogP contribution is 2.24. The largest absolute Gasteiger partial charge is 0.325 e. The van der Waals surface area contributed by atoms with Crippen LogP contribution in [0.3, 0.4) is 0 Å². The number of nitrogens with zero attached hydrogens (tertiary/aromatic N) is 7. The second kappa shape index (κ2) is 7.57. The Kier molecular flexibility index (Phi) is 4.61. The maximum Gasteiger partial charge on any atom is 0.161 e. The van der Waals surface area contributed by atoms with E-state index in [2.05, 4.69) is 30.6 Å². The number of nitrogens with one attached hydrogen (secondary N) is 1. The highest BCUT2D eigenvalue weighted by atomic mass is 35.5. The minimum atomic E-state index is 0.469. The summed E-state index contributed by atoms with van der Waals surface area (Å²) in [5.41, 5.74) is 3.67. The molecule has 5 aromatic heterocycles. The van der Waals surface area contributed by atoms with Gasteiger partial charge in [0, 0.05) is 31.2 Å². The van der Waals surface area contributed by atoms with Gasteiger partial charge in [-0.25, -0.2) is 9.97 Å². The van der Waals surface area contributed by atoms with Crippen LogP contribution in [0.5, 0.6) is 0 Å². The summed E-state index contributed by atoms with van der Waals surface area (Å²) in [7, 11) is 1.88. The summed E-state index contributed by atoms with van der Waals surface area (Å²) < 4.78 is 3.72. The fourth-order valence-electron chi connectivity index (χ4n) is 3.26. The lowest BCUT2D eigenvalue weighted by atomic mass is 10.1. The fraction of sp³-hybridized carbons (Fsp3) is 0.0952. The maximum atomic E-state index is 5.99. The van der Waals surface area contributed by atoms with Crippen LogP contribution >= 0.6 is 11.6 Å². The molecule has 5 rings (SSSR count). The van der Waals surface area contributed by atoms with Gasteiger partial charge in [0.2, 0.25) is 0 Å². The topological polar surface area (TPSA) is 85.8 Å².